The van der Waals surface area contributed by atoms with E-state index >= 15 is 0 Å². The van der Waals surface area contributed by atoms with Crippen molar-refractivity contribution in [2.75, 3.05) is 7.11 Å². The second kappa shape index (κ2) is 6.51. The molecule has 0 unspecified atom stereocenters. The lowest BCUT2D eigenvalue weighted by molar-refractivity contribution is 0.0600. The molecule has 1 amide bonds. The van der Waals surface area contributed by atoms with Crippen molar-refractivity contribution in [3.63, 3.8) is 0 Å². The average molecular weight is 286 g/mol. The van der Waals surface area contributed by atoms with E-state index in [1.807, 2.05) is 0 Å². The van der Waals surface area contributed by atoms with Gasteiger partial charge in [-0.3, -0.25) is 9.59 Å². The first kappa shape index (κ1) is 14.5. The predicted molar refractivity (Wildman–Crippen MR) is 76.0 cm³/mol. The lowest BCUT2D eigenvalue weighted by Crippen LogP contribution is -2.24. The number of pyridine rings is 1. The number of hydrogen-bond acceptors (Lipinski definition) is 4. The molecule has 0 saturated heterocycles. The molecule has 1 aromatic carbocycles. The van der Waals surface area contributed by atoms with Crippen LogP contribution in [0.1, 0.15) is 26.3 Å². The van der Waals surface area contributed by atoms with E-state index in [1.165, 1.54) is 25.4 Å². The maximum Gasteiger partial charge on any atom is 0.337 e. The fraction of sp³-hybridized carbons (Fsp3) is 0.133. The minimum atomic E-state index is -0.408. The molecule has 2 N–H and O–H groups in total. The monoisotopic (exact) mass is 286 g/mol. The molecule has 0 fully saturated rings. The maximum atomic E-state index is 11.9. The van der Waals surface area contributed by atoms with E-state index < -0.39 is 5.97 Å². The van der Waals surface area contributed by atoms with Gasteiger partial charge in [0.05, 0.1) is 12.7 Å². The summed E-state index contributed by atoms with van der Waals surface area (Å²) in [7, 11) is 1.32. The van der Waals surface area contributed by atoms with Crippen LogP contribution in [0.5, 0.6) is 0 Å². The van der Waals surface area contributed by atoms with Gasteiger partial charge in [0, 0.05) is 24.4 Å². The summed E-state index contributed by atoms with van der Waals surface area (Å²) in [5.41, 5.74) is 1.25. The highest BCUT2D eigenvalue weighted by Crippen LogP contribution is 2.06. The van der Waals surface area contributed by atoms with E-state index in [9.17, 15) is 14.4 Å². The molecule has 2 rings (SSSR count). The summed E-state index contributed by atoms with van der Waals surface area (Å²) >= 11 is 0. The number of methoxy groups -OCH3 is 1. The fourth-order valence-electron chi connectivity index (χ4n) is 1.75. The molecule has 1 aromatic heterocycles. The molecule has 0 spiro atoms. The number of nitrogens with one attached hydrogen (secondary N) is 2. The molecule has 2 aromatic rings. The molecule has 0 saturated carbocycles. The third kappa shape index (κ3) is 3.79. The molecule has 6 nitrogen and oxygen atoms in total. The van der Waals surface area contributed by atoms with E-state index in [1.54, 1.807) is 24.3 Å². The van der Waals surface area contributed by atoms with Gasteiger partial charge in [-0.2, -0.15) is 0 Å². The van der Waals surface area contributed by atoms with Gasteiger partial charge in [-0.25, -0.2) is 4.79 Å². The number of aromatic amines is 1. The van der Waals surface area contributed by atoms with Gasteiger partial charge in [-0.05, 0) is 23.8 Å². The zero-order valence-corrected chi connectivity index (χ0v) is 11.4. The van der Waals surface area contributed by atoms with Crippen LogP contribution in [0.4, 0.5) is 0 Å². The van der Waals surface area contributed by atoms with Gasteiger partial charge in [0.15, 0.2) is 0 Å². The highest BCUT2D eigenvalue weighted by atomic mass is 16.5. The summed E-state index contributed by atoms with van der Waals surface area (Å²) in [5.74, 6) is -0.743. The topological polar surface area (TPSA) is 88.3 Å². The number of rotatable bonds is 4. The van der Waals surface area contributed by atoms with Gasteiger partial charge < -0.3 is 15.0 Å². The molecule has 0 aliphatic heterocycles. The third-order valence-electron chi connectivity index (χ3n) is 2.87. The third-order valence-corrected chi connectivity index (χ3v) is 2.87. The van der Waals surface area contributed by atoms with Crippen LogP contribution in [0.3, 0.4) is 0 Å². The van der Waals surface area contributed by atoms with Crippen LogP contribution < -0.4 is 10.9 Å². The number of carbonyl (C=O) groups excluding carboxylic acids is 2. The first-order chi connectivity index (χ1) is 10.1. The Morgan fingerprint density at radius 1 is 1.14 bits per heavy atom. The largest absolute Gasteiger partial charge is 0.465 e. The Morgan fingerprint density at radius 3 is 2.48 bits per heavy atom. The lowest BCUT2D eigenvalue weighted by atomic mass is 10.1. The van der Waals surface area contributed by atoms with Gasteiger partial charge in [0.1, 0.15) is 0 Å². The van der Waals surface area contributed by atoms with Crippen LogP contribution in [0.15, 0.2) is 47.4 Å². The van der Waals surface area contributed by atoms with Gasteiger partial charge in [0.25, 0.3) is 5.91 Å². The highest BCUT2D eigenvalue weighted by molar-refractivity contribution is 5.94. The summed E-state index contributed by atoms with van der Waals surface area (Å²) in [6, 6.07) is 9.46. The number of aromatic nitrogens is 1. The molecule has 0 aliphatic carbocycles. The molecule has 0 radical (unpaired) electrons. The van der Waals surface area contributed by atoms with Crippen LogP contribution >= 0.6 is 0 Å². The molecule has 0 bridgehead atoms. The maximum absolute atomic E-state index is 11.9. The number of hydrogen-bond donors (Lipinski definition) is 2. The van der Waals surface area contributed by atoms with Gasteiger partial charge in [0.2, 0.25) is 5.56 Å². The lowest BCUT2D eigenvalue weighted by Gasteiger charge is -2.06. The summed E-state index contributed by atoms with van der Waals surface area (Å²) in [4.78, 5) is 36.7. The number of carbonyl (C=O) groups is 2. The van der Waals surface area contributed by atoms with Crippen molar-refractivity contribution >= 4 is 11.9 Å². The van der Waals surface area contributed by atoms with Crippen molar-refractivity contribution in [1.29, 1.82) is 0 Å². The summed E-state index contributed by atoms with van der Waals surface area (Å²) in [5, 5.41) is 2.70. The number of esters is 1. The van der Waals surface area contributed by atoms with Crippen molar-refractivity contribution in [2.45, 2.75) is 6.54 Å². The number of benzene rings is 1. The van der Waals surface area contributed by atoms with Crippen molar-refractivity contribution in [3.05, 3.63) is 69.6 Å². The Bertz CT molecular complexity index is 704. The summed E-state index contributed by atoms with van der Waals surface area (Å²) in [6.07, 6.45) is 1.42. The second-order valence-corrected chi connectivity index (χ2v) is 4.31. The predicted octanol–water partition coefficient (Wildman–Crippen LogP) is 1.09. The van der Waals surface area contributed by atoms with Crippen LogP contribution in [-0.2, 0) is 11.3 Å². The normalized spacial score (nSPS) is 9.95. The molecular weight excluding hydrogens is 272 g/mol. The number of H-pyrrole nitrogens is 1. The zero-order valence-electron chi connectivity index (χ0n) is 11.4. The first-order valence-corrected chi connectivity index (χ1v) is 6.24. The number of amides is 1. The van der Waals surface area contributed by atoms with E-state index in [-0.39, 0.29) is 11.5 Å². The summed E-state index contributed by atoms with van der Waals surface area (Å²) in [6.45, 7) is 0.299. The molecule has 1 heterocycles. The highest BCUT2D eigenvalue weighted by Gasteiger charge is 2.07. The molecule has 0 aliphatic rings. The van der Waals surface area contributed by atoms with Gasteiger partial charge >= 0.3 is 5.97 Å². The Labute approximate surface area is 120 Å². The van der Waals surface area contributed by atoms with Crippen LogP contribution in [0.2, 0.25) is 0 Å². The van der Waals surface area contributed by atoms with Crippen molar-refractivity contribution < 1.29 is 14.3 Å². The van der Waals surface area contributed by atoms with Gasteiger partial charge in [-0.1, -0.05) is 12.1 Å². The quantitative estimate of drug-likeness (QED) is 0.824. The smallest absolute Gasteiger partial charge is 0.337 e. The Hall–Kier alpha value is -2.89. The van der Waals surface area contributed by atoms with Crippen molar-refractivity contribution in [3.8, 4) is 0 Å². The first-order valence-electron chi connectivity index (χ1n) is 6.24. The van der Waals surface area contributed by atoms with Crippen LogP contribution in [-0.4, -0.2) is 24.0 Å². The van der Waals surface area contributed by atoms with E-state index in [4.69, 9.17) is 0 Å². The van der Waals surface area contributed by atoms with Gasteiger partial charge in [-0.15, -0.1) is 0 Å². The van der Waals surface area contributed by atoms with Crippen LogP contribution in [0, 0.1) is 0 Å². The Balaban J connectivity index is 1.98. The Kier molecular flexibility index (Phi) is 4.50. The SMILES string of the molecule is COC(=O)c1ccc(CNC(=O)c2cc[nH]c(=O)c2)cc1. The Morgan fingerprint density at radius 2 is 1.86 bits per heavy atom. The molecule has 0 atom stereocenters. The van der Waals surface area contributed by atoms with E-state index in [0.717, 1.165) is 5.56 Å². The molecule has 6 heteroatoms. The zero-order chi connectivity index (χ0) is 15.2. The molecular formula is C15H14N2O4. The number of ether oxygens (including phenoxy) is 1. The van der Waals surface area contributed by atoms with Crippen molar-refractivity contribution in [1.82, 2.24) is 10.3 Å². The summed E-state index contributed by atoms with van der Waals surface area (Å²) < 4.78 is 4.60. The van der Waals surface area contributed by atoms with Crippen molar-refractivity contribution in [2.24, 2.45) is 0 Å². The minimum absolute atomic E-state index is 0.296. The molecule has 21 heavy (non-hydrogen) atoms. The standard InChI is InChI=1S/C15H14N2O4/c1-21-15(20)11-4-2-10(3-5-11)9-17-14(19)12-6-7-16-13(18)8-12/h2-8H,9H2,1H3,(H,16,18)(H,17,19). The van der Waals surface area contributed by atoms with E-state index in [2.05, 4.69) is 15.0 Å². The average Bonchev–Trinajstić information content (AvgIpc) is 2.52. The van der Waals surface area contributed by atoms with E-state index in [0.29, 0.717) is 17.7 Å². The van der Waals surface area contributed by atoms with Crippen LogP contribution in [0.25, 0.3) is 0 Å². The molecule has 108 valence electrons. The second-order valence-electron chi connectivity index (χ2n) is 4.31. The minimum Gasteiger partial charge on any atom is -0.465 e. The fourth-order valence-corrected chi connectivity index (χ4v) is 1.75.